The zero-order valence-electron chi connectivity index (χ0n) is 11.2. The predicted molar refractivity (Wildman–Crippen MR) is 67.5 cm³/mol. The number of rotatable bonds is 7. The molecule has 0 aromatic heterocycles. The highest BCUT2D eigenvalue weighted by Crippen LogP contribution is 2.26. The molecule has 1 heterocycles. The normalized spacial score (nSPS) is 36.3. The van der Waals surface area contributed by atoms with E-state index in [1.807, 2.05) is 0 Å². The number of hydrogen-bond acceptors (Lipinski definition) is 5. The number of nitrogens with two attached hydrogens (primary N) is 1. The van der Waals surface area contributed by atoms with Crippen molar-refractivity contribution in [1.82, 2.24) is 0 Å². The Morgan fingerprint density at radius 1 is 1.22 bits per heavy atom. The van der Waals surface area contributed by atoms with Crippen LogP contribution in [0.1, 0.15) is 25.7 Å². The summed E-state index contributed by atoms with van der Waals surface area (Å²) in [5.41, 5.74) is 5.93. The van der Waals surface area contributed by atoms with Crippen molar-refractivity contribution in [2.24, 2.45) is 5.73 Å². The minimum atomic E-state index is 0.0174. The average molecular weight is 259 g/mol. The van der Waals surface area contributed by atoms with E-state index in [2.05, 4.69) is 0 Å². The molecular formula is C13H25NO4. The number of hydrogen-bond donors (Lipinski definition) is 1. The van der Waals surface area contributed by atoms with Gasteiger partial charge in [-0.3, -0.25) is 0 Å². The molecule has 2 aliphatic rings. The van der Waals surface area contributed by atoms with Crippen LogP contribution in [0, 0.1) is 0 Å². The Kier molecular flexibility index (Phi) is 5.85. The summed E-state index contributed by atoms with van der Waals surface area (Å²) in [6.45, 7) is 2.71. The molecule has 1 saturated carbocycles. The van der Waals surface area contributed by atoms with Gasteiger partial charge in [-0.15, -0.1) is 0 Å². The van der Waals surface area contributed by atoms with E-state index in [-0.39, 0.29) is 24.4 Å². The molecule has 2 fully saturated rings. The zero-order chi connectivity index (χ0) is 12.8. The zero-order valence-corrected chi connectivity index (χ0v) is 11.2. The van der Waals surface area contributed by atoms with Gasteiger partial charge in [-0.1, -0.05) is 0 Å². The molecule has 0 amide bonds. The summed E-state index contributed by atoms with van der Waals surface area (Å²) in [4.78, 5) is 0. The average Bonchev–Trinajstić information content (AvgIpc) is 2.40. The minimum absolute atomic E-state index is 0.0174. The lowest BCUT2D eigenvalue weighted by molar-refractivity contribution is -0.162. The monoisotopic (exact) mass is 259 g/mol. The van der Waals surface area contributed by atoms with Gasteiger partial charge >= 0.3 is 0 Å². The van der Waals surface area contributed by atoms with Crippen LogP contribution in [0.2, 0.25) is 0 Å². The first kappa shape index (κ1) is 14.2. The molecule has 2 N–H and O–H groups in total. The fourth-order valence-electron chi connectivity index (χ4n) is 2.45. The van der Waals surface area contributed by atoms with Crippen LogP contribution in [0.4, 0.5) is 0 Å². The van der Waals surface area contributed by atoms with E-state index in [1.54, 1.807) is 7.11 Å². The standard InChI is InChI=1S/C13H25NO4/c1-15-6-7-17-13-11(14)8-12(13)18-9-10-4-2-3-5-16-10/h10-13H,2-9,14H2,1H3. The Morgan fingerprint density at radius 2 is 2.11 bits per heavy atom. The Balaban J connectivity index is 1.62. The quantitative estimate of drug-likeness (QED) is 0.682. The van der Waals surface area contributed by atoms with Crippen molar-refractivity contribution in [3.05, 3.63) is 0 Å². The maximum Gasteiger partial charge on any atom is 0.0989 e. The molecule has 18 heavy (non-hydrogen) atoms. The first-order valence-corrected chi connectivity index (χ1v) is 6.90. The summed E-state index contributed by atoms with van der Waals surface area (Å²) in [7, 11) is 1.67. The fraction of sp³-hybridized carbons (Fsp3) is 1.00. The van der Waals surface area contributed by atoms with Gasteiger partial charge in [-0.25, -0.2) is 0 Å². The highest BCUT2D eigenvalue weighted by atomic mass is 16.6. The minimum Gasteiger partial charge on any atom is -0.382 e. The molecule has 1 aliphatic heterocycles. The van der Waals surface area contributed by atoms with Crippen molar-refractivity contribution >= 4 is 0 Å². The lowest BCUT2D eigenvalue weighted by Gasteiger charge is -2.42. The van der Waals surface area contributed by atoms with Crippen LogP contribution in [0.3, 0.4) is 0 Å². The van der Waals surface area contributed by atoms with E-state index >= 15 is 0 Å². The highest BCUT2D eigenvalue weighted by Gasteiger charge is 2.40. The van der Waals surface area contributed by atoms with Crippen LogP contribution in [0.25, 0.3) is 0 Å². The predicted octanol–water partition coefficient (Wildman–Crippen LogP) is 0.703. The van der Waals surface area contributed by atoms with Gasteiger partial charge in [0, 0.05) is 19.8 Å². The Labute approximate surface area is 109 Å². The van der Waals surface area contributed by atoms with Crippen LogP contribution in [0.5, 0.6) is 0 Å². The summed E-state index contributed by atoms with van der Waals surface area (Å²) in [5.74, 6) is 0. The molecule has 4 unspecified atom stereocenters. The molecule has 1 aliphatic carbocycles. The molecule has 5 heteroatoms. The van der Waals surface area contributed by atoms with E-state index < -0.39 is 0 Å². The topological polar surface area (TPSA) is 62.9 Å². The lowest BCUT2D eigenvalue weighted by Crippen LogP contribution is -2.58. The highest BCUT2D eigenvalue weighted by molar-refractivity contribution is 4.95. The SMILES string of the molecule is COCCOC1C(N)CC1OCC1CCCCO1. The second kappa shape index (κ2) is 7.40. The lowest BCUT2D eigenvalue weighted by atomic mass is 9.86. The molecule has 0 aromatic carbocycles. The van der Waals surface area contributed by atoms with Crippen LogP contribution in [-0.4, -0.2) is 57.9 Å². The van der Waals surface area contributed by atoms with Gasteiger partial charge < -0.3 is 24.7 Å². The van der Waals surface area contributed by atoms with Crippen LogP contribution in [-0.2, 0) is 18.9 Å². The summed E-state index contributed by atoms with van der Waals surface area (Å²) in [6, 6.07) is 0.0964. The Morgan fingerprint density at radius 3 is 2.78 bits per heavy atom. The van der Waals surface area contributed by atoms with Crippen LogP contribution >= 0.6 is 0 Å². The van der Waals surface area contributed by atoms with E-state index in [0.717, 1.165) is 19.4 Å². The first-order valence-electron chi connectivity index (χ1n) is 6.90. The van der Waals surface area contributed by atoms with Crippen molar-refractivity contribution in [3.8, 4) is 0 Å². The van der Waals surface area contributed by atoms with Crippen molar-refractivity contribution in [3.63, 3.8) is 0 Å². The van der Waals surface area contributed by atoms with Gasteiger partial charge in [0.2, 0.25) is 0 Å². The van der Waals surface area contributed by atoms with Crippen molar-refractivity contribution < 1.29 is 18.9 Å². The van der Waals surface area contributed by atoms with Crippen LogP contribution in [0.15, 0.2) is 0 Å². The van der Waals surface area contributed by atoms with Gasteiger partial charge in [0.15, 0.2) is 0 Å². The molecular weight excluding hydrogens is 234 g/mol. The van der Waals surface area contributed by atoms with E-state index in [1.165, 1.54) is 12.8 Å². The Bertz CT molecular complexity index is 233. The molecule has 4 atom stereocenters. The van der Waals surface area contributed by atoms with Gasteiger partial charge in [-0.2, -0.15) is 0 Å². The van der Waals surface area contributed by atoms with E-state index in [4.69, 9.17) is 24.7 Å². The molecule has 5 nitrogen and oxygen atoms in total. The van der Waals surface area contributed by atoms with Gasteiger partial charge in [-0.05, 0) is 25.7 Å². The van der Waals surface area contributed by atoms with Crippen molar-refractivity contribution in [2.45, 2.75) is 50.0 Å². The molecule has 2 rings (SSSR count). The fourth-order valence-corrected chi connectivity index (χ4v) is 2.45. The third-order valence-electron chi connectivity index (χ3n) is 3.66. The maximum atomic E-state index is 5.93. The molecule has 0 radical (unpaired) electrons. The molecule has 0 spiro atoms. The van der Waals surface area contributed by atoms with Crippen LogP contribution < -0.4 is 5.73 Å². The Hall–Kier alpha value is -0.200. The largest absolute Gasteiger partial charge is 0.382 e. The molecule has 0 bridgehead atoms. The second-order valence-electron chi connectivity index (χ2n) is 5.09. The summed E-state index contributed by atoms with van der Waals surface area (Å²) < 4.78 is 22.1. The summed E-state index contributed by atoms with van der Waals surface area (Å²) in [6.07, 6.45) is 4.80. The van der Waals surface area contributed by atoms with Gasteiger partial charge in [0.05, 0.1) is 38.1 Å². The summed E-state index contributed by atoms with van der Waals surface area (Å²) in [5, 5.41) is 0. The third-order valence-corrected chi connectivity index (χ3v) is 3.66. The van der Waals surface area contributed by atoms with Gasteiger partial charge in [0.1, 0.15) is 0 Å². The smallest absolute Gasteiger partial charge is 0.0989 e. The third kappa shape index (κ3) is 3.90. The second-order valence-corrected chi connectivity index (χ2v) is 5.09. The summed E-state index contributed by atoms with van der Waals surface area (Å²) >= 11 is 0. The maximum absolute atomic E-state index is 5.93. The molecule has 106 valence electrons. The van der Waals surface area contributed by atoms with E-state index in [0.29, 0.717) is 19.8 Å². The first-order chi connectivity index (χ1) is 8.81. The molecule has 0 aromatic rings. The van der Waals surface area contributed by atoms with Crippen molar-refractivity contribution in [1.29, 1.82) is 0 Å². The number of methoxy groups -OCH3 is 1. The number of ether oxygens (including phenoxy) is 4. The van der Waals surface area contributed by atoms with Gasteiger partial charge in [0.25, 0.3) is 0 Å². The van der Waals surface area contributed by atoms with Crippen molar-refractivity contribution in [2.75, 3.05) is 33.5 Å². The van der Waals surface area contributed by atoms with E-state index in [9.17, 15) is 0 Å². The molecule has 1 saturated heterocycles.